The lowest BCUT2D eigenvalue weighted by Crippen LogP contribution is -2.23. The molecule has 1 unspecified atom stereocenters. The Morgan fingerprint density at radius 1 is 1.16 bits per heavy atom. The normalized spacial score (nSPS) is 14.7. The van der Waals surface area contributed by atoms with Gasteiger partial charge in [-0.1, -0.05) is 22.0 Å². The molecule has 0 aliphatic carbocycles. The highest BCUT2D eigenvalue weighted by atomic mass is 79.9. The first-order valence-corrected chi connectivity index (χ1v) is 10.4. The van der Waals surface area contributed by atoms with Gasteiger partial charge in [-0.2, -0.15) is 5.10 Å². The van der Waals surface area contributed by atoms with E-state index in [0.717, 1.165) is 21.3 Å². The molecule has 1 atom stereocenters. The molecule has 2 N–H and O–H groups in total. The first-order chi connectivity index (χ1) is 14.9. The maximum atomic E-state index is 12.6. The van der Waals surface area contributed by atoms with E-state index in [2.05, 4.69) is 31.7 Å². The van der Waals surface area contributed by atoms with Gasteiger partial charge in [-0.25, -0.2) is 4.68 Å². The number of carbonyl (C=O) groups excluding carboxylic acids is 2. The summed E-state index contributed by atoms with van der Waals surface area (Å²) < 4.78 is 13.2. The standard InChI is InChI=1S/C22H21BrN4O4/c1-12-20(13-4-9-17(30-2)18(10-13)31-3)21-25-22(29)16(27(21)26-12)11-19(28)24-15-7-5-14(23)6-8-15/h4-10,16H,11H2,1-3H3,(H,24,28)(H,25,29). The molecule has 1 aliphatic rings. The van der Waals surface area contributed by atoms with Crippen LogP contribution in [0, 0.1) is 6.92 Å². The average Bonchev–Trinajstić information content (AvgIpc) is 3.22. The summed E-state index contributed by atoms with van der Waals surface area (Å²) in [7, 11) is 3.14. The molecular weight excluding hydrogens is 464 g/mol. The first-order valence-electron chi connectivity index (χ1n) is 9.59. The number of hydrogen-bond acceptors (Lipinski definition) is 5. The van der Waals surface area contributed by atoms with Crippen molar-refractivity contribution in [3.8, 4) is 22.6 Å². The van der Waals surface area contributed by atoms with Crippen molar-refractivity contribution >= 4 is 39.2 Å². The molecule has 8 nitrogen and oxygen atoms in total. The monoisotopic (exact) mass is 484 g/mol. The number of aryl methyl sites for hydroxylation is 1. The number of fused-ring (bicyclic) bond motifs is 1. The number of hydrogen-bond donors (Lipinski definition) is 2. The van der Waals surface area contributed by atoms with E-state index in [1.807, 2.05) is 31.2 Å². The van der Waals surface area contributed by atoms with Gasteiger partial charge in [0.1, 0.15) is 11.9 Å². The molecule has 1 aliphatic heterocycles. The van der Waals surface area contributed by atoms with Gasteiger partial charge in [-0.3, -0.25) is 9.59 Å². The highest BCUT2D eigenvalue weighted by Crippen LogP contribution is 2.41. The summed E-state index contributed by atoms with van der Waals surface area (Å²) in [5, 5.41) is 10.2. The van der Waals surface area contributed by atoms with Gasteiger partial charge in [-0.05, 0) is 48.9 Å². The third-order valence-corrected chi connectivity index (χ3v) is 5.63. The number of amides is 2. The summed E-state index contributed by atoms with van der Waals surface area (Å²) in [5.74, 6) is 1.22. The van der Waals surface area contributed by atoms with Gasteiger partial charge in [0.25, 0.3) is 5.91 Å². The Morgan fingerprint density at radius 2 is 1.87 bits per heavy atom. The highest BCUT2D eigenvalue weighted by Gasteiger charge is 2.36. The summed E-state index contributed by atoms with van der Waals surface area (Å²) in [6.45, 7) is 1.86. The van der Waals surface area contributed by atoms with E-state index in [4.69, 9.17) is 9.47 Å². The third-order valence-electron chi connectivity index (χ3n) is 5.10. The minimum Gasteiger partial charge on any atom is -0.493 e. The van der Waals surface area contributed by atoms with Crippen LogP contribution in [0.3, 0.4) is 0 Å². The maximum Gasteiger partial charge on any atom is 0.251 e. The van der Waals surface area contributed by atoms with E-state index >= 15 is 0 Å². The van der Waals surface area contributed by atoms with Crippen LogP contribution in [-0.2, 0) is 9.59 Å². The molecule has 0 saturated carbocycles. The van der Waals surface area contributed by atoms with Crippen LogP contribution in [0.1, 0.15) is 18.2 Å². The Labute approximate surface area is 187 Å². The fraction of sp³-hybridized carbons (Fsp3) is 0.227. The Bertz CT molecular complexity index is 1160. The van der Waals surface area contributed by atoms with Crippen molar-refractivity contribution < 1.29 is 19.1 Å². The second-order valence-corrected chi connectivity index (χ2v) is 8.00. The number of carbonyl (C=O) groups is 2. The zero-order valence-electron chi connectivity index (χ0n) is 17.2. The molecule has 0 saturated heterocycles. The van der Waals surface area contributed by atoms with E-state index in [1.54, 1.807) is 37.1 Å². The lowest BCUT2D eigenvalue weighted by molar-refractivity contribution is -0.123. The van der Waals surface area contributed by atoms with Gasteiger partial charge in [0.05, 0.1) is 26.3 Å². The van der Waals surface area contributed by atoms with E-state index in [0.29, 0.717) is 23.0 Å². The van der Waals surface area contributed by atoms with Crippen molar-refractivity contribution in [2.24, 2.45) is 0 Å². The molecular formula is C22H21BrN4O4. The highest BCUT2D eigenvalue weighted by molar-refractivity contribution is 9.10. The van der Waals surface area contributed by atoms with Crippen LogP contribution in [0.25, 0.3) is 11.1 Å². The molecule has 1 aromatic heterocycles. The fourth-order valence-corrected chi connectivity index (χ4v) is 3.91. The van der Waals surface area contributed by atoms with Crippen molar-refractivity contribution in [1.82, 2.24) is 9.78 Å². The number of nitrogens with zero attached hydrogens (tertiary/aromatic N) is 2. The number of ether oxygens (including phenoxy) is 2. The van der Waals surface area contributed by atoms with E-state index in [1.165, 1.54) is 0 Å². The van der Waals surface area contributed by atoms with Gasteiger partial charge < -0.3 is 20.1 Å². The van der Waals surface area contributed by atoms with Crippen LogP contribution >= 0.6 is 15.9 Å². The Morgan fingerprint density at radius 3 is 2.55 bits per heavy atom. The quantitative estimate of drug-likeness (QED) is 0.547. The van der Waals surface area contributed by atoms with Crippen LogP contribution in [-0.4, -0.2) is 35.8 Å². The molecule has 2 heterocycles. The molecule has 0 radical (unpaired) electrons. The Hall–Kier alpha value is -3.33. The number of halogens is 1. The smallest absolute Gasteiger partial charge is 0.251 e. The summed E-state index contributed by atoms with van der Waals surface area (Å²) >= 11 is 3.36. The summed E-state index contributed by atoms with van der Waals surface area (Å²) in [6.07, 6.45) is -0.0264. The van der Waals surface area contributed by atoms with Crippen molar-refractivity contribution in [2.75, 3.05) is 24.9 Å². The molecule has 0 spiro atoms. The molecule has 2 aromatic carbocycles. The average molecular weight is 485 g/mol. The van der Waals surface area contributed by atoms with Crippen molar-refractivity contribution in [1.29, 1.82) is 0 Å². The second-order valence-electron chi connectivity index (χ2n) is 7.09. The lowest BCUT2D eigenvalue weighted by Gasteiger charge is -2.10. The van der Waals surface area contributed by atoms with Crippen LogP contribution in [0.5, 0.6) is 11.5 Å². The fourth-order valence-electron chi connectivity index (χ4n) is 3.64. The largest absolute Gasteiger partial charge is 0.493 e. The minimum atomic E-state index is -0.724. The van der Waals surface area contributed by atoms with Crippen molar-refractivity contribution in [3.63, 3.8) is 0 Å². The lowest BCUT2D eigenvalue weighted by atomic mass is 10.1. The van der Waals surface area contributed by atoms with Crippen molar-refractivity contribution in [2.45, 2.75) is 19.4 Å². The van der Waals surface area contributed by atoms with Gasteiger partial charge in [-0.15, -0.1) is 0 Å². The minimum absolute atomic E-state index is 0.0264. The topological polar surface area (TPSA) is 94.5 Å². The Balaban J connectivity index is 1.60. The zero-order valence-corrected chi connectivity index (χ0v) is 18.8. The number of rotatable bonds is 6. The molecule has 4 rings (SSSR count). The van der Waals surface area contributed by atoms with Crippen LogP contribution in [0.15, 0.2) is 46.9 Å². The Kier molecular flexibility index (Phi) is 5.69. The van der Waals surface area contributed by atoms with Crippen LogP contribution in [0.2, 0.25) is 0 Å². The number of aromatic nitrogens is 2. The molecule has 0 fully saturated rings. The van der Waals surface area contributed by atoms with Gasteiger partial charge in [0, 0.05) is 15.7 Å². The van der Waals surface area contributed by atoms with E-state index in [9.17, 15) is 9.59 Å². The van der Waals surface area contributed by atoms with E-state index in [-0.39, 0.29) is 18.2 Å². The van der Waals surface area contributed by atoms with Gasteiger partial charge >= 0.3 is 0 Å². The predicted molar refractivity (Wildman–Crippen MR) is 121 cm³/mol. The number of methoxy groups -OCH3 is 2. The summed E-state index contributed by atoms with van der Waals surface area (Å²) in [6, 6.07) is 12.0. The number of nitrogens with one attached hydrogen (secondary N) is 2. The van der Waals surface area contributed by atoms with E-state index < -0.39 is 6.04 Å². The summed E-state index contributed by atoms with van der Waals surface area (Å²) in [4.78, 5) is 25.2. The van der Waals surface area contributed by atoms with Crippen molar-refractivity contribution in [3.05, 3.63) is 52.6 Å². The van der Waals surface area contributed by atoms with Gasteiger partial charge in [0.2, 0.25) is 5.91 Å². The van der Waals surface area contributed by atoms with Crippen LogP contribution < -0.4 is 20.1 Å². The SMILES string of the molecule is COc1ccc(-c2c(C)nn3c2NC(=O)C3CC(=O)Nc2ccc(Br)cc2)cc1OC. The van der Waals surface area contributed by atoms with Crippen LogP contribution in [0.4, 0.5) is 11.5 Å². The second kappa shape index (κ2) is 8.43. The first kappa shape index (κ1) is 20.9. The molecule has 3 aromatic rings. The molecule has 31 heavy (non-hydrogen) atoms. The summed E-state index contributed by atoms with van der Waals surface area (Å²) in [5.41, 5.74) is 3.01. The molecule has 0 bridgehead atoms. The predicted octanol–water partition coefficient (Wildman–Crippen LogP) is 4.16. The number of anilines is 2. The molecule has 9 heteroatoms. The third kappa shape index (κ3) is 4.00. The zero-order chi connectivity index (χ0) is 22.1. The number of benzene rings is 2. The maximum absolute atomic E-state index is 12.6. The molecule has 160 valence electrons. The van der Waals surface area contributed by atoms with Gasteiger partial charge in [0.15, 0.2) is 11.5 Å². The molecule has 2 amide bonds.